The third-order valence-electron chi connectivity index (χ3n) is 3.11. The van der Waals surface area contributed by atoms with E-state index in [0.717, 1.165) is 45.8 Å². The highest BCUT2D eigenvalue weighted by atomic mass is 16.5. The van der Waals surface area contributed by atoms with E-state index in [-0.39, 0.29) is 0 Å². The molecular formula is C13H29N3O. The van der Waals surface area contributed by atoms with Crippen molar-refractivity contribution in [1.82, 2.24) is 10.2 Å². The quantitative estimate of drug-likeness (QED) is 0.615. The molecule has 0 amide bonds. The highest BCUT2D eigenvalue weighted by Crippen LogP contribution is 2.01. The molecule has 0 bridgehead atoms. The molecule has 3 N–H and O–H groups in total. The van der Waals surface area contributed by atoms with Crippen molar-refractivity contribution >= 4 is 0 Å². The minimum absolute atomic E-state index is 0.304. The van der Waals surface area contributed by atoms with E-state index in [0.29, 0.717) is 12.0 Å². The van der Waals surface area contributed by atoms with E-state index < -0.39 is 0 Å². The van der Waals surface area contributed by atoms with Crippen molar-refractivity contribution in [2.24, 2.45) is 11.7 Å². The summed E-state index contributed by atoms with van der Waals surface area (Å²) in [6, 6.07) is 0.304. The van der Waals surface area contributed by atoms with Gasteiger partial charge in [-0.25, -0.2) is 0 Å². The molecule has 1 saturated heterocycles. The zero-order chi connectivity index (χ0) is 12.5. The zero-order valence-electron chi connectivity index (χ0n) is 11.5. The summed E-state index contributed by atoms with van der Waals surface area (Å²) in [6.07, 6.45) is 2.31. The Morgan fingerprint density at radius 1 is 1.29 bits per heavy atom. The smallest absolute Gasteiger partial charge is 0.0594 e. The molecule has 4 heteroatoms. The van der Waals surface area contributed by atoms with Crippen molar-refractivity contribution in [2.75, 3.05) is 45.9 Å². The fraction of sp³-hybridized carbons (Fsp3) is 1.00. The van der Waals surface area contributed by atoms with Crippen LogP contribution in [0.4, 0.5) is 0 Å². The largest absolute Gasteiger partial charge is 0.379 e. The Morgan fingerprint density at radius 2 is 2.00 bits per heavy atom. The predicted molar refractivity (Wildman–Crippen MR) is 72.2 cm³/mol. The fourth-order valence-corrected chi connectivity index (χ4v) is 2.23. The van der Waals surface area contributed by atoms with Crippen molar-refractivity contribution in [3.05, 3.63) is 0 Å². The summed E-state index contributed by atoms with van der Waals surface area (Å²) in [5.74, 6) is 0.695. The van der Waals surface area contributed by atoms with Crippen molar-refractivity contribution in [3.8, 4) is 0 Å². The molecule has 0 aliphatic carbocycles. The molecule has 1 aliphatic rings. The standard InChI is InChI=1S/C13H29N3O/c1-12(2)10-13(14)11-15-4-3-5-16-6-8-17-9-7-16/h12-13,15H,3-11,14H2,1-2H3. The average Bonchev–Trinajstić information content (AvgIpc) is 2.29. The molecule has 0 radical (unpaired) electrons. The lowest BCUT2D eigenvalue weighted by atomic mass is 10.0. The number of hydrogen-bond acceptors (Lipinski definition) is 4. The minimum atomic E-state index is 0.304. The predicted octanol–water partition coefficient (Wildman–Crippen LogP) is 0.672. The normalized spacial score (nSPS) is 19.8. The van der Waals surface area contributed by atoms with Gasteiger partial charge in [0.05, 0.1) is 13.2 Å². The van der Waals surface area contributed by atoms with E-state index in [1.807, 2.05) is 0 Å². The maximum atomic E-state index is 6.01. The van der Waals surface area contributed by atoms with Crippen LogP contribution in [0.3, 0.4) is 0 Å². The molecule has 1 aliphatic heterocycles. The van der Waals surface area contributed by atoms with Gasteiger partial charge in [-0.15, -0.1) is 0 Å². The molecule has 0 aromatic heterocycles. The van der Waals surface area contributed by atoms with Gasteiger partial charge in [0.2, 0.25) is 0 Å². The minimum Gasteiger partial charge on any atom is -0.379 e. The topological polar surface area (TPSA) is 50.5 Å². The van der Waals surface area contributed by atoms with Gasteiger partial charge in [0.15, 0.2) is 0 Å². The van der Waals surface area contributed by atoms with Crippen LogP contribution in [0.25, 0.3) is 0 Å². The average molecular weight is 243 g/mol. The first-order valence-electron chi connectivity index (χ1n) is 6.95. The second-order valence-electron chi connectivity index (χ2n) is 5.40. The summed E-state index contributed by atoms with van der Waals surface area (Å²) in [4.78, 5) is 2.47. The highest BCUT2D eigenvalue weighted by molar-refractivity contribution is 4.67. The van der Waals surface area contributed by atoms with Crippen LogP contribution in [0.15, 0.2) is 0 Å². The Kier molecular flexibility index (Phi) is 7.77. The first-order valence-corrected chi connectivity index (χ1v) is 6.95. The summed E-state index contributed by atoms with van der Waals surface area (Å²) < 4.78 is 5.32. The highest BCUT2D eigenvalue weighted by Gasteiger charge is 2.09. The van der Waals surface area contributed by atoms with E-state index in [1.54, 1.807) is 0 Å². The third kappa shape index (κ3) is 7.71. The summed E-state index contributed by atoms with van der Waals surface area (Å²) in [7, 11) is 0. The van der Waals surface area contributed by atoms with Crippen molar-refractivity contribution in [2.45, 2.75) is 32.7 Å². The van der Waals surface area contributed by atoms with E-state index >= 15 is 0 Å². The number of nitrogens with one attached hydrogen (secondary N) is 1. The van der Waals surface area contributed by atoms with Gasteiger partial charge >= 0.3 is 0 Å². The van der Waals surface area contributed by atoms with E-state index in [2.05, 4.69) is 24.1 Å². The van der Waals surface area contributed by atoms with Crippen molar-refractivity contribution < 1.29 is 4.74 Å². The summed E-state index contributed by atoms with van der Waals surface area (Å²) >= 11 is 0. The Bertz CT molecular complexity index is 182. The first kappa shape index (κ1) is 14.9. The van der Waals surface area contributed by atoms with Gasteiger partial charge < -0.3 is 15.8 Å². The van der Waals surface area contributed by atoms with Crippen LogP contribution in [0.1, 0.15) is 26.7 Å². The third-order valence-corrected chi connectivity index (χ3v) is 3.11. The lowest BCUT2D eigenvalue weighted by Gasteiger charge is -2.26. The molecular weight excluding hydrogens is 214 g/mol. The Balaban J connectivity index is 1.89. The summed E-state index contributed by atoms with van der Waals surface area (Å²) in [5.41, 5.74) is 6.01. The second-order valence-corrected chi connectivity index (χ2v) is 5.40. The molecule has 1 rings (SSSR count). The van der Waals surface area contributed by atoms with Crippen LogP contribution in [0.2, 0.25) is 0 Å². The molecule has 1 unspecified atom stereocenters. The first-order chi connectivity index (χ1) is 8.18. The Morgan fingerprint density at radius 3 is 2.65 bits per heavy atom. The van der Waals surface area contributed by atoms with Gasteiger partial charge in [0, 0.05) is 25.7 Å². The van der Waals surface area contributed by atoms with Crippen LogP contribution in [0.5, 0.6) is 0 Å². The van der Waals surface area contributed by atoms with Crippen molar-refractivity contribution in [3.63, 3.8) is 0 Å². The molecule has 0 aromatic carbocycles. The summed E-state index contributed by atoms with van der Waals surface area (Å²) in [5, 5.41) is 3.45. The molecule has 4 nitrogen and oxygen atoms in total. The Hall–Kier alpha value is -0.160. The molecule has 0 aromatic rings. The fourth-order valence-electron chi connectivity index (χ4n) is 2.23. The van der Waals surface area contributed by atoms with Gasteiger partial charge in [-0.1, -0.05) is 13.8 Å². The van der Waals surface area contributed by atoms with E-state index in [4.69, 9.17) is 10.5 Å². The van der Waals surface area contributed by atoms with Gasteiger partial charge in [-0.05, 0) is 31.8 Å². The number of nitrogens with two attached hydrogens (primary N) is 1. The van der Waals surface area contributed by atoms with Gasteiger partial charge in [-0.3, -0.25) is 4.90 Å². The molecule has 1 atom stereocenters. The molecule has 1 fully saturated rings. The maximum Gasteiger partial charge on any atom is 0.0594 e. The lowest BCUT2D eigenvalue weighted by Crippen LogP contribution is -2.39. The van der Waals surface area contributed by atoms with Crippen LogP contribution in [0, 0.1) is 5.92 Å². The lowest BCUT2D eigenvalue weighted by molar-refractivity contribution is 0.0374. The van der Waals surface area contributed by atoms with Crippen LogP contribution < -0.4 is 11.1 Å². The molecule has 0 saturated carbocycles. The van der Waals surface area contributed by atoms with Gasteiger partial charge in [-0.2, -0.15) is 0 Å². The Labute approximate surface area is 106 Å². The van der Waals surface area contributed by atoms with Crippen molar-refractivity contribution in [1.29, 1.82) is 0 Å². The number of hydrogen-bond donors (Lipinski definition) is 2. The number of morpholine rings is 1. The number of rotatable bonds is 8. The second kappa shape index (κ2) is 8.86. The van der Waals surface area contributed by atoms with Crippen LogP contribution in [-0.2, 0) is 4.74 Å². The monoisotopic (exact) mass is 243 g/mol. The van der Waals surface area contributed by atoms with Crippen LogP contribution in [-0.4, -0.2) is 56.9 Å². The molecule has 17 heavy (non-hydrogen) atoms. The zero-order valence-corrected chi connectivity index (χ0v) is 11.5. The SMILES string of the molecule is CC(C)CC(N)CNCCCN1CCOCC1. The maximum absolute atomic E-state index is 6.01. The van der Waals surface area contributed by atoms with E-state index in [9.17, 15) is 0 Å². The van der Waals surface area contributed by atoms with Gasteiger partial charge in [0.25, 0.3) is 0 Å². The molecule has 0 spiro atoms. The van der Waals surface area contributed by atoms with E-state index in [1.165, 1.54) is 13.0 Å². The number of nitrogens with zero attached hydrogens (tertiary/aromatic N) is 1. The molecule has 102 valence electrons. The molecule has 1 heterocycles. The van der Waals surface area contributed by atoms with Gasteiger partial charge in [0.1, 0.15) is 0 Å². The number of ether oxygens (including phenoxy) is 1. The summed E-state index contributed by atoms with van der Waals surface area (Å²) in [6.45, 7) is 11.6. The van der Waals surface area contributed by atoms with Crippen LogP contribution >= 0.6 is 0 Å².